The van der Waals surface area contributed by atoms with Gasteiger partial charge in [-0.25, -0.2) is 0 Å². The molecule has 0 aliphatic rings. The molecule has 0 radical (unpaired) electrons. The van der Waals surface area contributed by atoms with E-state index in [1.165, 1.54) is 11.8 Å². The molecule has 0 fully saturated rings. The van der Waals surface area contributed by atoms with E-state index >= 15 is 0 Å². The lowest BCUT2D eigenvalue weighted by atomic mass is 10.0. The fourth-order valence-corrected chi connectivity index (χ4v) is 0.976. The molecule has 0 saturated carbocycles. The molecule has 0 aromatic heterocycles. The van der Waals surface area contributed by atoms with Gasteiger partial charge < -0.3 is 4.90 Å². The SMILES string of the molecule is BCC(=O)N(CCN=C)CC(C)=O. The first-order valence-electron chi connectivity index (χ1n) is 4.31. The van der Waals surface area contributed by atoms with Crippen LogP contribution in [0.2, 0.25) is 6.32 Å². The Morgan fingerprint density at radius 1 is 1.54 bits per heavy atom. The zero-order chi connectivity index (χ0) is 10.3. The van der Waals surface area contributed by atoms with Crippen molar-refractivity contribution in [3.05, 3.63) is 0 Å². The Hall–Kier alpha value is -1.13. The first-order chi connectivity index (χ1) is 6.11. The molecule has 0 heterocycles. The van der Waals surface area contributed by atoms with Gasteiger partial charge in [0.25, 0.3) is 0 Å². The first kappa shape index (κ1) is 11.9. The molecule has 0 spiro atoms. The van der Waals surface area contributed by atoms with Crippen molar-refractivity contribution in [2.24, 2.45) is 4.99 Å². The van der Waals surface area contributed by atoms with Gasteiger partial charge in [0.2, 0.25) is 5.91 Å². The summed E-state index contributed by atoms with van der Waals surface area (Å²) < 4.78 is 0. The standard InChI is InChI=1S/C8H15BN2O2/c1-7(12)6-11(4-3-10-2)8(13)5-9/h2-6,9H2,1H3. The summed E-state index contributed by atoms with van der Waals surface area (Å²) in [7, 11) is 1.77. The quantitative estimate of drug-likeness (QED) is 0.397. The predicted molar refractivity (Wildman–Crippen MR) is 55.0 cm³/mol. The number of ketones is 1. The summed E-state index contributed by atoms with van der Waals surface area (Å²) in [5, 5.41) is 0. The van der Waals surface area contributed by atoms with Crippen molar-refractivity contribution in [2.75, 3.05) is 19.6 Å². The average molecular weight is 182 g/mol. The molecule has 0 N–H and O–H groups in total. The zero-order valence-electron chi connectivity index (χ0n) is 8.25. The number of amides is 1. The fourth-order valence-electron chi connectivity index (χ4n) is 0.976. The normalized spacial score (nSPS) is 9.31. The minimum atomic E-state index is -0.0150. The highest BCUT2D eigenvalue weighted by Gasteiger charge is 2.11. The van der Waals surface area contributed by atoms with E-state index in [0.29, 0.717) is 19.4 Å². The van der Waals surface area contributed by atoms with E-state index in [1.54, 1.807) is 7.85 Å². The van der Waals surface area contributed by atoms with E-state index in [1.807, 2.05) is 0 Å². The van der Waals surface area contributed by atoms with Gasteiger partial charge in [-0.05, 0) is 20.0 Å². The number of Topliss-reactive ketones (excluding diaryl/α,β-unsaturated/α-hetero) is 1. The number of nitrogens with zero attached hydrogens (tertiary/aromatic N) is 2. The van der Waals surface area contributed by atoms with E-state index in [2.05, 4.69) is 11.7 Å². The maximum atomic E-state index is 11.3. The third-order valence-corrected chi connectivity index (χ3v) is 1.60. The summed E-state index contributed by atoms with van der Waals surface area (Å²) in [5.41, 5.74) is 0. The van der Waals surface area contributed by atoms with Crippen LogP contribution >= 0.6 is 0 Å². The Balaban J connectivity index is 4.09. The van der Waals surface area contributed by atoms with Crippen LogP contribution in [0.3, 0.4) is 0 Å². The van der Waals surface area contributed by atoms with Crippen LogP contribution in [0.15, 0.2) is 4.99 Å². The Morgan fingerprint density at radius 3 is 2.54 bits per heavy atom. The van der Waals surface area contributed by atoms with Crippen molar-refractivity contribution >= 4 is 26.3 Å². The number of hydrogen-bond acceptors (Lipinski definition) is 3. The van der Waals surface area contributed by atoms with Crippen LogP contribution in [-0.4, -0.2) is 50.8 Å². The fraction of sp³-hybridized carbons (Fsp3) is 0.625. The van der Waals surface area contributed by atoms with Gasteiger partial charge in [0.1, 0.15) is 13.6 Å². The highest BCUT2D eigenvalue weighted by atomic mass is 16.2. The van der Waals surface area contributed by atoms with Crippen molar-refractivity contribution in [1.29, 1.82) is 0 Å². The maximum absolute atomic E-state index is 11.3. The molecule has 5 heteroatoms. The molecule has 0 rings (SSSR count). The molecule has 0 aromatic rings. The van der Waals surface area contributed by atoms with Crippen LogP contribution in [0.25, 0.3) is 0 Å². The lowest BCUT2D eigenvalue weighted by Crippen LogP contribution is -2.36. The van der Waals surface area contributed by atoms with Crippen molar-refractivity contribution < 1.29 is 9.59 Å². The Morgan fingerprint density at radius 2 is 2.15 bits per heavy atom. The average Bonchev–Trinajstić information content (AvgIpc) is 2.10. The number of carbonyl (C=O) groups is 2. The summed E-state index contributed by atoms with van der Waals surface area (Å²) in [4.78, 5) is 27.2. The highest BCUT2D eigenvalue weighted by molar-refractivity contribution is 6.19. The third kappa shape index (κ3) is 5.17. The second kappa shape index (κ2) is 6.40. The maximum Gasteiger partial charge on any atom is 0.215 e. The number of carbonyl (C=O) groups excluding carboxylic acids is 2. The summed E-state index contributed by atoms with van der Waals surface area (Å²) in [5.74, 6) is -0.0234. The van der Waals surface area contributed by atoms with Crippen molar-refractivity contribution in [2.45, 2.75) is 13.2 Å². The Labute approximate surface area is 79.4 Å². The molecule has 0 aliphatic carbocycles. The molecule has 0 atom stereocenters. The minimum Gasteiger partial charge on any atom is -0.334 e. The van der Waals surface area contributed by atoms with E-state index in [-0.39, 0.29) is 18.2 Å². The second-order valence-corrected chi connectivity index (χ2v) is 2.82. The van der Waals surface area contributed by atoms with E-state index in [4.69, 9.17) is 0 Å². The largest absolute Gasteiger partial charge is 0.334 e. The van der Waals surface area contributed by atoms with Crippen LogP contribution in [0.1, 0.15) is 6.92 Å². The summed E-state index contributed by atoms with van der Waals surface area (Å²) >= 11 is 0. The number of hydrogen-bond donors (Lipinski definition) is 0. The Kier molecular flexibility index (Phi) is 5.84. The molecule has 0 bridgehead atoms. The van der Waals surface area contributed by atoms with Crippen molar-refractivity contribution in [3.63, 3.8) is 0 Å². The molecule has 0 saturated heterocycles. The van der Waals surface area contributed by atoms with Crippen LogP contribution in [0.4, 0.5) is 0 Å². The summed E-state index contributed by atoms with van der Waals surface area (Å²) in [6.07, 6.45) is 0.421. The van der Waals surface area contributed by atoms with Gasteiger partial charge in [0.15, 0.2) is 0 Å². The molecular formula is C8H15BN2O2. The van der Waals surface area contributed by atoms with E-state index in [0.717, 1.165) is 0 Å². The molecule has 4 nitrogen and oxygen atoms in total. The molecule has 0 unspecified atom stereocenters. The van der Waals surface area contributed by atoms with Gasteiger partial charge >= 0.3 is 0 Å². The van der Waals surface area contributed by atoms with Gasteiger partial charge in [-0.2, -0.15) is 0 Å². The molecule has 0 aromatic carbocycles. The number of aliphatic imine (C=N–C) groups is 1. The summed E-state index contributed by atoms with van der Waals surface area (Å²) in [6, 6.07) is 0. The first-order valence-corrected chi connectivity index (χ1v) is 4.31. The molecule has 72 valence electrons. The molecular weight excluding hydrogens is 167 g/mol. The van der Waals surface area contributed by atoms with Crippen LogP contribution in [-0.2, 0) is 9.59 Å². The van der Waals surface area contributed by atoms with Crippen LogP contribution in [0, 0.1) is 0 Å². The smallest absolute Gasteiger partial charge is 0.215 e. The lowest BCUT2D eigenvalue weighted by Gasteiger charge is -2.19. The monoisotopic (exact) mass is 182 g/mol. The van der Waals surface area contributed by atoms with E-state index < -0.39 is 0 Å². The minimum absolute atomic E-state index is 0.00846. The number of rotatable bonds is 6. The molecule has 1 amide bonds. The predicted octanol–water partition coefficient (Wildman–Crippen LogP) is -0.844. The van der Waals surface area contributed by atoms with Crippen LogP contribution in [0.5, 0.6) is 0 Å². The van der Waals surface area contributed by atoms with Gasteiger partial charge in [-0.1, -0.05) is 0 Å². The van der Waals surface area contributed by atoms with Crippen molar-refractivity contribution in [1.82, 2.24) is 4.90 Å². The Bertz CT molecular complexity index is 206. The summed E-state index contributed by atoms with van der Waals surface area (Å²) in [6.45, 7) is 5.94. The van der Waals surface area contributed by atoms with E-state index in [9.17, 15) is 9.59 Å². The molecule has 13 heavy (non-hydrogen) atoms. The zero-order valence-corrected chi connectivity index (χ0v) is 8.25. The van der Waals surface area contributed by atoms with Crippen LogP contribution < -0.4 is 0 Å². The third-order valence-electron chi connectivity index (χ3n) is 1.60. The highest BCUT2D eigenvalue weighted by Crippen LogP contribution is 1.93. The molecule has 0 aliphatic heterocycles. The topological polar surface area (TPSA) is 49.7 Å². The van der Waals surface area contributed by atoms with Gasteiger partial charge in [-0.3, -0.25) is 14.6 Å². The van der Waals surface area contributed by atoms with Gasteiger partial charge in [0.05, 0.1) is 13.1 Å². The second-order valence-electron chi connectivity index (χ2n) is 2.82. The van der Waals surface area contributed by atoms with Gasteiger partial charge in [-0.15, -0.1) is 0 Å². The van der Waals surface area contributed by atoms with Gasteiger partial charge in [0, 0.05) is 6.54 Å². The lowest BCUT2D eigenvalue weighted by molar-refractivity contribution is -0.132. The van der Waals surface area contributed by atoms with Crippen molar-refractivity contribution in [3.8, 4) is 0 Å².